The van der Waals surface area contributed by atoms with Gasteiger partial charge in [0.1, 0.15) is 17.0 Å². The van der Waals surface area contributed by atoms with E-state index in [-0.39, 0.29) is 5.56 Å². The predicted octanol–water partition coefficient (Wildman–Crippen LogP) is 3.15. The predicted molar refractivity (Wildman–Crippen MR) is 155 cm³/mol. The van der Waals surface area contributed by atoms with Crippen molar-refractivity contribution in [1.29, 1.82) is 0 Å². The van der Waals surface area contributed by atoms with Gasteiger partial charge in [0.05, 0.1) is 44.5 Å². The number of ether oxygens (including phenoxy) is 3. The number of rotatable bonds is 11. The summed E-state index contributed by atoms with van der Waals surface area (Å²) in [5.41, 5.74) is 2.83. The average Bonchev–Trinajstić information content (AvgIpc) is 3.00. The first kappa shape index (κ1) is 27.4. The van der Waals surface area contributed by atoms with E-state index in [0.29, 0.717) is 47.1 Å². The van der Waals surface area contributed by atoms with Crippen molar-refractivity contribution in [3.05, 3.63) is 64.8 Å². The summed E-state index contributed by atoms with van der Waals surface area (Å²) in [6.07, 6.45) is 4.22. The number of anilines is 2. The zero-order valence-electron chi connectivity index (χ0n) is 23.1. The van der Waals surface area contributed by atoms with Crippen molar-refractivity contribution in [1.82, 2.24) is 24.4 Å². The fourth-order valence-electron chi connectivity index (χ4n) is 4.60. The van der Waals surface area contributed by atoms with Crippen LogP contribution in [0.25, 0.3) is 22.2 Å². The average molecular weight is 546 g/mol. The van der Waals surface area contributed by atoms with Crippen LogP contribution in [0.3, 0.4) is 0 Å². The van der Waals surface area contributed by atoms with E-state index in [9.17, 15) is 4.79 Å². The second-order valence-electron chi connectivity index (χ2n) is 9.59. The number of nitrogens with zero attached hydrogens (tertiary/aromatic N) is 5. The SMILES string of the molecule is CNc1ccc(CNc2nc(-c3ccc(OCCCN4CCOCC4)c(OC)c3)cc3ncn(C)c(=O)c23)cn1. The normalized spacial score (nSPS) is 13.8. The Morgan fingerprint density at radius 2 is 1.93 bits per heavy atom. The van der Waals surface area contributed by atoms with Gasteiger partial charge in [-0.3, -0.25) is 9.69 Å². The summed E-state index contributed by atoms with van der Waals surface area (Å²) in [4.78, 5) is 29.1. The number of methoxy groups -OCH3 is 1. The molecule has 40 heavy (non-hydrogen) atoms. The summed E-state index contributed by atoms with van der Waals surface area (Å²) >= 11 is 0. The molecule has 1 fully saturated rings. The minimum Gasteiger partial charge on any atom is -0.493 e. The van der Waals surface area contributed by atoms with Crippen LogP contribution in [-0.4, -0.2) is 78.0 Å². The summed E-state index contributed by atoms with van der Waals surface area (Å²) < 4.78 is 18.6. The van der Waals surface area contributed by atoms with Gasteiger partial charge in [0, 0.05) is 52.0 Å². The second kappa shape index (κ2) is 12.8. The molecule has 11 nitrogen and oxygen atoms in total. The van der Waals surface area contributed by atoms with E-state index in [0.717, 1.165) is 56.2 Å². The lowest BCUT2D eigenvalue weighted by molar-refractivity contribution is 0.0357. The van der Waals surface area contributed by atoms with E-state index in [2.05, 4.69) is 25.5 Å². The highest BCUT2D eigenvalue weighted by Gasteiger charge is 2.16. The summed E-state index contributed by atoms with van der Waals surface area (Å²) in [6, 6.07) is 11.4. The van der Waals surface area contributed by atoms with Crippen LogP contribution in [0, 0.1) is 0 Å². The molecule has 0 saturated carbocycles. The molecule has 210 valence electrons. The van der Waals surface area contributed by atoms with Crippen molar-refractivity contribution in [3.63, 3.8) is 0 Å². The molecular weight excluding hydrogens is 510 g/mol. The van der Waals surface area contributed by atoms with E-state index >= 15 is 0 Å². The van der Waals surface area contributed by atoms with E-state index < -0.39 is 0 Å². The molecule has 1 aliphatic heterocycles. The molecule has 0 spiro atoms. The minimum absolute atomic E-state index is 0.173. The number of pyridine rings is 2. The van der Waals surface area contributed by atoms with Crippen LogP contribution in [0.1, 0.15) is 12.0 Å². The molecule has 0 radical (unpaired) electrons. The van der Waals surface area contributed by atoms with Crippen molar-refractivity contribution in [2.24, 2.45) is 7.05 Å². The smallest absolute Gasteiger partial charge is 0.264 e. The molecule has 0 atom stereocenters. The van der Waals surface area contributed by atoms with Crippen molar-refractivity contribution in [2.75, 3.05) is 64.2 Å². The summed E-state index contributed by atoms with van der Waals surface area (Å²) in [5, 5.41) is 6.77. The molecule has 2 N–H and O–H groups in total. The molecule has 0 unspecified atom stereocenters. The van der Waals surface area contributed by atoms with Gasteiger partial charge in [-0.1, -0.05) is 6.07 Å². The first-order valence-electron chi connectivity index (χ1n) is 13.4. The maximum atomic E-state index is 13.0. The molecule has 11 heteroatoms. The first-order chi connectivity index (χ1) is 19.6. The molecule has 4 heterocycles. The van der Waals surface area contributed by atoms with Gasteiger partial charge in [-0.15, -0.1) is 0 Å². The molecule has 1 saturated heterocycles. The molecule has 4 aromatic rings. The number of aromatic nitrogens is 4. The molecule has 0 bridgehead atoms. The van der Waals surface area contributed by atoms with Gasteiger partial charge >= 0.3 is 0 Å². The van der Waals surface area contributed by atoms with Gasteiger partial charge in [0.25, 0.3) is 5.56 Å². The maximum Gasteiger partial charge on any atom is 0.264 e. The molecule has 3 aromatic heterocycles. The fourth-order valence-corrected chi connectivity index (χ4v) is 4.60. The van der Waals surface area contributed by atoms with Crippen molar-refractivity contribution in [3.8, 4) is 22.8 Å². The van der Waals surface area contributed by atoms with Gasteiger partial charge in [-0.2, -0.15) is 0 Å². The van der Waals surface area contributed by atoms with Crippen molar-refractivity contribution >= 4 is 22.5 Å². The van der Waals surface area contributed by atoms with Crippen LogP contribution in [0.15, 0.2) is 53.7 Å². The Kier molecular flexibility index (Phi) is 8.72. The fraction of sp³-hybridized carbons (Fsp3) is 0.379. The number of fused-ring (bicyclic) bond motifs is 1. The number of benzene rings is 1. The van der Waals surface area contributed by atoms with Gasteiger partial charge < -0.3 is 29.4 Å². The number of morpholine rings is 1. The highest BCUT2D eigenvalue weighted by molar-refractivity contribution is 5.91. The minimum atomic E-state index is -0.173. The zero-order valence-corrected chi connectivity index (χ0v) is 23.1. The number of hydrogen-bond acceptors (Lipinski definition) is 10. The first-order valence-corrected chi connectivity index (χ1v) is 13.4. The Balaban J connectivity index is 1.37. The van der Waals surface area contributed by atoms with Crippen LogP contribution in [-0.2, 0) is 18.3 Å². The van der Waals surface area contributed by atoms with Crippen LogP contribution in [0.2, 0.25) is 0 Å². The summed E-state index contributed by atoms with van der Waals surface area (Å²) in [7, 11) is 5.13. The van der Waals surface area contributed by atoms with Crippen LogP contribution < -0.4 is 25.7 Å². The Bertz CT molecular complexity index is 1500. The van der Waals surface area contributed by atoms with E-state index in [4.69, 9.17) is 19.2 Å². The Hall–Kier alpha value is -4.22. The van der Waals surface area contributed by atoms with Gasteiger partial charge in [-0.05, 0) is 42.3 Å². The van der Waals surface area contributed by atoms with Gasteiger partial charge in [0.2, 0.25) is 0 Å². The van der Waals surface area contributed by atoms with Crippen molar-refractivity contribution < 1.29 is 14.2 Å². The topological polar surface area (TPSA) is 116 Å². The van der Waals surface area contributed by atoms with Crippen LogP contribution >= 0.6 is 0 Å². The summed E-state index contributed by atoms with van der Waals surface area (Å²) in [6.45, 7) is 5.53. The summed E-state index contributed by atoms with van der Waals surface area (Å²) in [5.74, 6) is 2.54. The third kappa shape index (κ3) is 6.32. The Labute approximate surface area is 233 Å². The van der Waals surface area contributed by atoms with Crippen LogP contribution in [0.5, 0.6) is 11.5 Å². The van der Waals surface area contributed by atoms with Gasteiger partial charge in [-0.25, -0.2) is 15.0 Å². The highest BCUT2D eigenvalue weighted by Crippen LogP contribution is 2.33. The second-order valence-corrected chi connectivity index (χ2v) is 9.59. The molecule has 0 amide bonds. The largest absolute Gasteiger partial charge is 0.493 e. The van der Waals surface area contributed by atoms with Crippen LogP contribution in [0.4, 0.5) is 11.6 Å². The number of aryl methyl sites for hydroxylation is 1. The third-order valence-corrected chi connectivity index (χ3v) is 6.88. The Morgan fingerprint density at radius 1 is 1.07 bits per heavy atom. The maximum absolute atomic E-state index is 13.0. The monoisotopic (exact) mass is 545 g/mol. The van der Waals surface area contributed by atoms with E-state index in [1.54, 1.807) is 20.4 Å². The quantitative estimate of drug-likeness (QED) is 0.272. The van der Waals surface area contributed by atoms with E-state index in [1.807, 2.05) is 43.4 Å². The lowest BCUT2D eigenvalue weighted by Crippen LogP contribution is -2.37. The zero-order chi connectivity index (χ0) is 27.9. The highest BCUT2D eigenvalue weighted by atomic mass is 16.5. The lowest BCUT2D eigenvalue weighted by atomic mass is 10.1. The molecule has 0 aliphatic carbocycles. The number of nitrogens with one attached hydrogen (secondary N) is 2. The molecule has 1 aliphatic rings. The molecular formula is C29H35N7O4. The number of hydrogen-bond donors (Lipinski definition) is 2. The third-order valence-electron chi connectivity index (χ3n) is 6.88. The van der Waals surface area contributed by atoms with E-state index in [1.165, 1.54) is 10.9 Å². The lowest BCUT2D eigenvalue weighted by Gasteiger charge is -2.26. The molecule has 1 aromatic carbocycles. The Morgan fingerprint density at radius 3 is 2.67 bits per heavy atom. The molecule has 5 rings (SSSR count). The van der Waals surface area contributed by atoms with Gasteiger partial charge in [0.15, 0.2) is 11.5 Å². The standard InChI is InChI=1S/C29H35N7O4/c1-30-26-8-5-20(17-31-26)18-32-28-27-23(33-19-35(2)29(27)37)16-22(34-28)21-6-7-24(25(15-21)38-3)40-12-4-9-36-10-13-39-14-11-36/h5-8,15-17,19H,4,9-14,18H2,1-3H3,(H,30,31)(H,32,34). The van der Waals surface area contributed by atoms with Crippen molar-refractivity contribution in [2.45, 2.75) is 13.0 Å².